The Kier molecular flexibility index (Phi) is 8.43. The molecule has 4 heterocycles. The van der Waals surface area contributed by atoms with E-state index in [-0.39, 0.29) is 11.2 Å². The second-order valence-corrected chi connectivity index (χ2v) is 12.9. The zero-order valence-corrected chi connectivity index (χ0v) is 24.1. The maximum absolute atomic E-state index is 13.9. The summed E-state index contributed by atoms with van der Waals surface area (Å²) in [5, 5.41) is 4.68. The molecule has 1 aromatic carbocycles. The number of rotatable bonds is 8. The molecule has 5 rings (SSSR count). The van der Waals surface area contributed by atoms with Gasteiger partial charge in [-0.25, -0.2) is 14.6 Å². The molecule has 2 aromatic heterocycles. The van der Waals surface area contributed by atoms with E-state index in [1.807, 2.05) is 0 Å². The summed E-state index contributed by atoms with van der Waals surface area (Å²) < 4.78 is 54.2. The Hall–Kier alpha value is -1.95. The lowest BCUT2D eigenvalue weighted by molar-refractivity contribution is -0.140. The van der Waals surface area contributed by atoms with Crippen LogP contribution < -0.4 is 4.90 Å². The Morgan fingerprint density at radius 1 is 1.18 bits per heavy atom. The first-order chi connectivity index (χ1) is 18.5. The molecule has 2 fully saturated rings. The van der Waals surface area contributed by atoms with Crippen LogP contribution in [0.15, 0.2) is 24.4 Å². The Morgan fingerprint density at radius 3 is 2.64 bits per heavy atom. The van der Waals surface area contributed by atoms with Crippen LogP contribution in [0.2, 0.25) is 10.0 Å². The molecule has 0 radical (unpaired) electrons. The average molecular weight is 604 g/mol. The molecule has 2 aliphatic heterocycles. The van der Waals surface area contributed by atoms with E-state index in [1.54, 1.807) is 31.4 Å². The quantitative estimate of drug-likeness (QED) is 0.330. The molecule has 2 aliphatic rings. The van der Waals surface area contributed by atoms with Crippen molar-refractivity contribution >= 4 is 51.0 Å². The van der Waals surface area contributed by atoms with Crippen LogP contribution in [0.5, 0.6) is 0 Å². The summed E-state index contributed by atoms with van der Waals surface area (Å²) in [6.45, 7) is 6.37. The van der Waals surface area contributed by atoms with Gasteiger partial charge in [-0.05, 0) is 68.8 Å². The van der Waals surface area contributed by atoms with Crippen LogP contribution >= 0.6 is 23.2 Å². The molecule has 7 nitrogen and oxygen atoms in total. The second-order valence-electron chi connectivity index (χ2n) is 10.5. The minimum atomic E-state index is -4.68. The van der Waals surface area contributed by atoms with Crippen molar-refractivity contribution in [1.82, 2.24) is 24.6 Å². The van der Waals surface area contributed by atoms with Crippen LogP contribution in [-0.4, -0.2) is 73.6 Å². The predicted molar refractivity (Wildman–Crippen MR) is 149 cm³/mol. The van der Waals surface area contributed by atoms with Crippen molar-refractivity contribution in [3.63, 3.8) is 0 Å². The Labute approximate surface area is 238 Å². The number of hydrogen-bond acceptors (Lipinski definition) is 6. The smallest absolute Gasteiger partial charge is 0.355 e. The molecule has 0 aliphatic carbocycles. The summed E-state index contributed by atoms with van der Waals surface area (Å²) in [5.41, 5.74) is -0.693. The largest absolute Gasteiger partial charge is 0.437 e. The first kappa shape index (κ1) is 28.6. The minimum absolute atomic E-state index is 0.0685. The third-order valence-corrected chi connectivity index (χ3v) is 9.21. The molecule has 3 unspecified atom stereocenters. The molecule has 2 saturated heterocycles. The van der Waals surface area contributed by atoms with Crippen molar-refractivity contribution in [3.05, 3.63) is 45.7 Å². The molecule has 212 valence electrons. The highest BCUT2D eigenvalue weighted by Gasteiger charge is 2.40. The van der Waals surface area contributed by atoms with Crippen LogP contribution in [0.4, 0.5) is 19.0 Å². The van der Waals surface area contributed by atoms with Crippen LogP contribution in [0.3, 0.4) is 0 Å². The monoisotopic (exact) mass is 602 g/mol. The topological polar surface area (TPSA) is 67.2 Å². The Balaban J connectivity index is 1.34. The minimum Gasteiger partial charge on any atom is -0.355 e. The molecule has 0 spiro atoms. The SMILES string of the molecule is CC(c1ccc(Cl)cc1Cl)n1nc(C(F)(F)F)c2ncc(N3CC(C4CCCN(CCCS(C)=O)C4)C3)nc21. The lowest BCUT2D eigenvalue weighted by atomic mass is 9.80. The number of nitrogens with zero attached hydrogens (tertiary/aromatic N) is 6. The van der Waals surface area contributed by atoms with E-state index < -0.39 is 28.7 Å². The van der Waals surface area contributed by atoms with Gasteiger partial charge in [-0.3, -0.25) is 4.21 Å². The molecule has 3 atom stereocenters. The number of alkyl halides is 3. The molecule has 0 bridgehead atoms. The van der Waals surface area contributed by atoms with E-state index >= 15 is 0 Å². The van der Waals surface area contributed by atoms with E-state index in [9.17, 15) is 17.4 Å². The fourth-order valence-electron chi connectivity index (χ4n) is 5.65. The number of fused-ring (bicyclic) bond motifs is 1. The van der Waals surface area contributed by atoms with Gasteiger partial charge in [0.05, 0.1) is 12.2 Å². The molecule has 0 amide bonds. The summed E-state index contributed by atoms with van der Waals surface area (Å²) in [4.78, 5) is 13.4. The second kappa shape index (κ2) is 11.5. The number of benzene rings is 1. The van der Waals surface area contributed by atoms with Crippen LogP contribution in [0.1, 0.15) is 43.5 Å². The third kappa shape index (κ3) is 6.21. The lowest BCUT2D eigenvalue weighted by Crippen LogP contribution is -2.54. The van der Waals surface area contributed by atoms with Crippen molar-refractivity contribution in [2.75, 3.05) is 49.6 Å². The average Bonchev–Trinajstić information content (AvgIpc) is 3.22. The zero-order valence-electron chi connectivity index (χ0n) is 21.8. The maximum atomic E-state index is 13.9. The van der Waals surface area contributed by atoms with Crippen molar-refractivity contribution in [2.24, 2.45) is 11.8 Å². The molecule has 0 N–H and O–H groups in total. The van der Waals surface area contributed by atoms with Gasteiger partial charge in [-0.15, -0.1) is 0 Å². The van der Waals surface area contributed by atoms with Crippen molar-refractivity contribution in [3.8, 4) is 0 Å². The van der Waals surface area contributed by atoms with Crippen molar-refractivity contribution < 1.29 is 17.4 Å². The molecule has 0 saturated carbocycles. The molecule has 39 heavy (non-hydrogen) atoms. The standard InChI is InChI=1S/C26H31Cl2F3N6OS/c1-16(20-7-6-19(27)11-21(20)28)37-25-23(24(34-37)26(29,30)31)32-12-22(33-25)36-14-18(15-36)17-5-3-8-35(13-17)9-4-10-39(2)38/h6-7,11-12,16-18H,3-5,8-10,13-15H2,1-2H3. The van der Waals surface area contributed by atoms with E-state index in [0.717, 1.165) is 51.3 Å². The summed E-state index contributed by atoms with van der Waals surface area (Å²) in [6.07, 6.45) is 1.73. The van der Waals surface area contributed by atoms with Crippen LogP contribution in [-0.2, 0) is 17.0 Å². The number of piperidine rings is 1. The highest BCUT2D eigenvalue weighted by Crippen LogP contribution is 2.38. The lowest BCUT2D eigenvalue weighted by Gasteiger charge is -2.47. The predicted octanol–water partition coefficient (Wildman–Crippen LogP) is 5.68. The van der Waals surface area contributed by atoms with Crippen molar-refractivity contribution in [2.45, 2.75) is 38.4 Å². The highest BCUT2D eigenvalue weighted by atomic mass is 35.5. The maximum Gasteiger partial charge on any atom is 0.437 e. The van der Waals surface area contributed by atoms with Crippen molar-refractivity contribution in [1.29, 1.82) is 0 Å². The number of likely N-dealkylation sites (tertiary alicyclic amines) is 1. The molecule has 13 heteroatoms. The summed E-state index contributed by atoms with van der Waals surface area (Å²) in [6, 6.07) is 4.26. The molecular formula is C26H31Cl2F3N6OS. The van der Waals surface area contributed by atoms with Gasteiger partial charge in [0, 0.05) is 52.5 Å². The van der Waals surface area contributed by atoms with Gasteiger partial charge in [-0.2, -0.15) is 18.3 Å². The van der Waals surface area contributed by atoms with Gasteiger partial charge in [0.25, 0.3) is 0 Å². The highest BCUT2D eigenvalue weighted by molar-refractivity contribution is 7.84. The summed E-state index contributed by atoms with van der Waals surface area (Å²) in [7, 11) is -0.762. The van der Waals surface area contributed by atoms with Crippen LogP contribution in [0.25, 0.3) is 11.2 Å². The molecular weight excluding hydrogens is 572 g/mol. The zero-order chi connectivity index (χ0) is 27.9. The summed E-state index contributed by atoms with van der Waals surface area (Å²) in [5.74, 6) is 2.33. The normalized spacial score (nSPS) is 20.8. The fraction of sp³-hybridized carbons (Fsp3) is 0.577. The van der Waals surface area contributed by atoms with Gasteiger partial charge in [-0.1, -0.05) is 29.3 Å². The first-order valence-electron chi connectivity index (χ1n) is 13.1. The van der Waals surface area contributed by atoms with Gasteiger partial charge in [0.15, 0.2) is 11.3 Å². The Bertz CT molecular complexity index is 1360. The number of anilines is 1. The van der Waals surface area contributed by atoms with Gasteiger partial charge in [0.1, 0.15) is 11.3 Å². The third-order valence-electron chi connectivity index (χ3n) is 7.79. The van der Waals surface area contributed by atoms with Gasteiger partial charge in [0.2, 0.25) is 0 Å². The van der Waals surface area contributed by atoms with E-state index in [0.29, 0.717) is 33.3 Å². The van der Waals surface area contributed by atoms with E-state index in [4.69, 9.17) is 23.2 Å². The van der Waals surface area contributed by atoms with Crippen LogP contribution in [0, 0.1) is 11.8 Å². The van der Waals surface area contributed by atoms with E-state index in [1.165, 1.54) is 17.3 Å². The summed E-state index contributed by atoms with van der Waals surface area (Å²) >= 11 is 12.4. The van der Waals surface area contributed by atoms with Gasteiger partial charge >= 0.3 is 6.18 Å². The van der Waals surface area contributed by atoms with E-state index in [2.05, 4.69) is 24.9 Å². The fourth-order valence-corrected chi connectivity index (χ4v) is 6.76. The Morgan fingerprint density at radius 2 is 1.95 bits per heavy atom. The first-order valence-corrected chi connectivity index (χ1v) is 15.5. The molecule has 3 aromatic rings. The number of halogens is 5. The number of hydrogen-bond donors (Lipinski definition) is 0. The van der Waals surface area contributed by atoms with Gasteiger partial charge < -0.3 is 9.80 Å². The number of aromatic nitrogens is 4.